The average molecular weight is 453 g/mol. The molecule has 2 aromatic carbocycles. The molecule has 1 aliphatic heterocycles. The lowest BCUT2D eigenvalue weighted by atomic mass is 10.0. The van der Waals surface area contributed by atoms with Crippen molar-refractivity contribution < 1.29 is 4.79 Å². The van der Waals surface area contributed by atoms with Gasteiger partial charge in [-0.2, -0.15) is 0 Å². The van der Waals surface area contributed by atoms with E-state index in [1.807, 2.05) is 42.5 Å². The van der Waals surface area contributed by atoms with Crippen LogP contribution in [0.2, 0.25) is 5.02 Å². The maximum Gasteiger partial charge on any atom is 0.272 e. The number of benzodiazepines with no additional fused rings is 1. The van der Waals surface area contributed by atoms with Crippen LogP contribution in [0.25, 0.3) is 0 Å². The van der Waals surface area contributed by atoms with Gasteiger partial charge in [-0.05, 0) is 30.4 Å². The number of nitrogens with zero attached hydrogens (tertiary/aromatic N) is 3. The number of anilines is 1. The standard InChI is InChI=1S/C22H21ClN6OS/c1-29-18-8-7-15(23)11-17(18)19(14-5-3-2-4-6-14)27-20(21(29)30)28-22(31)25-10-9-16-12-24-13-26-16/h2-8,11-13,20H,9-10H2,1H3,(H,24,26)(H2,25,28,31). The molecule has 1 unspecified atom stereocenters. The second-order valence-electron chi connectivity index (χ2n) is 7.03. The molecule has 0 saturated carbocycles. The number of H-pyrrole nitrogens is 1. The summed E-state index contributed by atoms with van der Waals surface area (Å²) < 4.78 is 0. The molecule has 0 spiro atoms. The number of imidazole rings is 1. The van der Waals surface area contributed by atoms with Crippen LogP contribution in [0.15, 0.2) is 66.0 Å². The molecule has 4 rings (SSSR count). The number of amides is 1. The molecule has 1 aromatic heterocycles. The van der Waals surface area contributed by atoms with Crippen LogP contribution in [-0.2, 0) is 11.2 Å². The molecular weight excluding hydrogens is 432 g/mol. The molecular formula is C22H21ClN6OS. The number of halogens is 1. The Hall–Kier alpha value is -3.23. The summed E-state index contributed by atoms with van der Waals surface area (Å²) in [5.41, 5.74) is 4.08. The third kappa shape index (κ3) is 4.76. The molecule has 0 aliphatic carbocycles. The Morgan fingerprint density at radius 3 is 2.81 bits per heavy atom. The van der Waals surface area contributed by atoms with Crippen molar-refractivity contribution in [1.29, 1.82) is 0 Å². The molecule has 0 fully saturated rings. The number of carbonyl (C=O) groups excluding carboxylic acids is 1. The van der Waals surface area contributed by atoms with Gasteiger partial charge >= 0.3 is 0 Å². The number of hydrogen-bond acceptors (Lipinski definition) is 4. The van der Waals surface area contributed by atoms with Gasteiger partial charge in [0.15, 0.2) is 5.11 Å². The minimum atomic E-state index is -0.876. The summed E-state index contributed by atoms with van der Waals surface area (Å²) in [4.78, 5) is 26.6. The van der Waals surface area contributed by atoms with E-state index in [0.717, 1.165) is 28.9 Å². The van der Waals surface area contributed by atoms with Crippen LogP contribution in [-0.4, -0.2) is 46.5 Å². The van der Waals surface area contributed by atoms with E-state index in [0.29, 0.717) is 22.4 Å². The SMILES string of the molecule is CN1C(=O)C(NC(=S)NCCc2cnc[nH]2)N=C(c2ccccc2)c2cc(Cl)ccc21. The largest absolute Gasteiger partial charge is 0.362 e. The fraction of sp³-hybridized carbons (Fsp3) is 0.182. The molecule has 31 heavy (non-hydrogen) atoms. The number of likely N-dealkylation sites (N-methyl/N-ethyl adjacent to an activating group) is 1. The van der Waals surface area contributed by atoms with Crippen molar-refractivity contribution in [2.75, 3.05) is 18.5 Å². The predicted molar refractivity (Wildman–Crippen MR) is 127 cm³/mol. The highest BCUT2D eigenvalue weighted by Gasteiger charge is 2.30. The van der Waals surface area contributed by atoms with E-state index in [2.05, 4.69) is 20.6 Å². The molecule has 1 atom stereocenters. The smallest absolute Gasteiger partial charge is 0.272 e. The van der Waals surface area contributed by atoms with Crippen LogP contribution in [0, 0.1) is 0 Å². The minimum absolute atomic E-state index is 0.216. The van der Waals surface area contributed by atoms with Gasteiger partial charge in [-0.3, -0.25) is 4.79 Å². The summed E-state index contributed by atoms with van der Waals surface area (Å²) in [6, 6.07) is 15.1. The summed E-state index contributed by atoms with van der Waals surface area (Å²) in [5, 5.41) is 7.10. The summed E-state index contributed by atoms with van der Waals surface area (Å²) >= 11 is 11.7. The molecule has 0 saturated heterocycles. The van der Waals surface area contributed by atoms with E-state index in [4.69, 9.17) is 28.8 Å². The van der Waals surface area contributed by atoms with Crippen molar-refractivity contribution in [1.82, 2.24) is 20.6 Å². The molecule has 9 heteroatoms. The first-order valence-corrected chi connectivity index (χ1v) is 10.5. The summed E-state index contributed by atoms with van der Waals surface area (Å²) in [6.45, 7) is 0.593. The molecule has 158 valence electrons. The monoisotopic (exact) mass is 452 g/mol. The minimum Gasteiger partial charge on any atom is -0.362 e. The Bertz CT molecular complexity index is 1120. The number of aromatic amines is 1. The number of benzene rings is 2. The lowest BCUT2D eigenvalue weighted by Crippen LogP contribution is -2.49. The molecule has 3 N–H and O–H groups in total. The van der Waals surface area contributed by atoms with E-state index in [9.17, 15) is 4.79 Å². The highest BCUT2D eigenvalue weighted by molar-refractivity contribution is 7.80. The average Bonchev–Trinajstić information content (AvgIpc) is 3.26. The van der Waals surface area contributed by atoms with Crippen LogP contribution in [0.5, 0.6) is 0 Å². The lowest BCUT2D eigenvalue weighted by Gasteiger charge is -2.22. The maximum atomic E-state index is 13.2. The second-order valence-corrected chi connectivity index (χ2v) is 7.88. The number of nitrogens with one attached hydrogen (secondary N) is 3. The lowest BCUT2D eigenvalue weighted by molar-refractivity contribution is -0.119. The molecule has 1 aliphatic rings. The molecule has 1 amide bonds. The predicted octanol–water partition coefficient (Wildman–Crippen LogP) is 2.91. The van der Waals surface area contributed by atoms with Gasteiger partial charge in [-0.15, -0.1) is 0 Å². The van der Waals surface area contributed by atoms with Gasteiger partial charge < -0.3 is 20.5 Å². The van der Waals surface area contributed by atoms with Crippen molar-refractivity contribution in [3.8, 4) is 0 Å². The zero-order valence-electron chi connectivity index (χ0n) is 16.8. The van der Waals surface area contributed by atoms with Crippen molar-refractivity contribution in [3.63, 3.8) is 0 Å². The Morgan fingerprint density at radius 2 is 2.06 bits per heavy atom. The van der Waals surface area contributed by atoms with E-state index < -0.39 is 6.17 Å². The van der Waals surface area contributed by atoms with E-state index in [1.54, 1.807) is 30.5 Å². The van der Waals surface area contributed by atoms with Crippen LogP contribution < -0.4 is 15.5 Å². The molecule has 2 heterocycles. The number of carbonyl (C=O) groups is 1. The van der Waals surface area contributed by atoms with Crippen molar-refractivity contribution in [3.05, 3.63) is 82.9 Å². The van der Waals surface area contributed by atoms with E-state index >= 15 is 0 Å². The van der Waals surface area contributed by atoms with Gasteiger partial charge in [0.1, 0.15) is 0 Å². The molecule has 0 radical (unpaired) electrons. The summed E-state index contributed by atoms with van der Waals surface area (Å²) in [5.74, 6) is -0.216. The summed E-state index contributed by atoms with van der Waals surface area (Å²) in [7, 11) is 1.72. The third-order valence-corrected chi connectivity index (χ3v) is 5.44. The van der Waals surface area contributed by atoms with Gasteiger partial charge in [-0.1, -0.05) is 41.9 Å². The molecule has 7 nitrogen and oxygen atoms in total. The van der Waals surface area contributed by atoms with Crippen molar-refractivity contribution in [2.24, 2.45) is 4.99 Å². The fourth-order valence-corrected chi connectivity index (χ4v) is 3.76. The number of thiocarbonyl (C=S) groups is 1. The maximum absolute atomic E-state index is 13.2. The van der Waals surface area contributed by atoms with Gasteiger partial charge in [0, 0.05) is 48.1 Å². The Balaban J connectivity index is 1.60. The number of hydrogen-bond donors (Lipinski definition) is 3. The quantitative estimate of drug-likeness (QED) is 0.518. The Kier molecular flexibility index (Phi) is 6.29. The highest BCUT2D eigenvalue weighted by atomic mass is 35.5. The van der Waals surface area contributed by atoms with E-state index in [-0.39, 0.29) is 5.91 Å². The highest BCUT2D eigenvalue weighted by Crippen LogP contribution is 2.29. The fourth-order valence-electron chi connectivity index (χ4n) is 3.37. The van der Waals surface area contributed by atoms with Gasteiger partial charge in [0.25, 0.3) is 5.91 Å². The first-order chi connectivity index (χ1) is 15.0. The number of aromatic nitrogens is 2. The topological polar surface area (TPSA) is 85.4 Å². The van der Waals surface area contributed by atoms with Crippen molar-refractivity contribution >= 4 is 46.2 Å². The number of aliphatic imine (C=N–C) groups is 1. The first-order valence-electron chi connectivity index (χ1n) is 9.75. The zero-order valence-corrected chi connectivity index (χ0v) is 18.4. The van der Waals surface area contributed by atoms with Crippen LogP contribution in [0.1, 0.15) is 16.8 Å². The van der Waals surface area contributed by atoms with Gasteiger partial charge in [0.2, 0.25) is 6.17 Å². The normalized spacial score (nSPS) is 15.7. The number of rotatable bonds is 5. The Morgan fingerprint density at radius 1 is 1.26 bits per heavy atom. The summed E-state index contributed by atoms with van der Waals surface area (Å²) in [6.07, 6.45) is 3.25. The molecule has 3 aromatic rings. The van der Waals surface area contributed by atoms with E-state index in [1.165, 1.54) is 0 Å². The second kappa shape index (κ2) is 9.28. The van der Waals surface area contributed by atoms with Gasteiger partial charge in [-0.25, -0.2) is 9.98 Å². The Labute approximate surface area is 190 Å². The first kappa shape index (κ1) is 21.0. The molecule has 0 bridgehead atoms. The number of fused-ring (bicyclic) bond motifs is 1. The van der Waals surface area contributed by atoms with Gasteiger partial charge in [0.05, 0.1) is 17.7 Å². The van der Waals surface area contributed by atoms with Crippen LogP contribution in [0.3, 0.4) is 0 Å². The third-order valence-electron chi connectivity index (χ3n) is 4.95. The van der Waals surface area contributed by atoms with Crippen molar-refractivity contribution in [2.45, 2.75) is 12.6 Å². The van der Waals surface area contributed by atoms with Crippen LogP contribution >= 0.6 is 23.8 Å². The zero-order chi connectivity index (χ0) is 21.8. The van der Waals surface area contributed by atoms with Crippen LogP contribution in [0.4, 0.5) is 5.69 Å².